The van der Waals surface area contributed by atoms with Gasteiger partial charge >= 0.3 is 0 Å². The third-order valence-corrected chi connectivity index (χ3v) is 4.95. The van der Waals surface area contributed by atoms with Crippen molar-refractivity contribution >= 4 is 22.8 Å². The fourth-order valence-corrected chi connectivity index (χ4v) is 3.47. The van der Waals surface area contributed by atoms with Crippen LogP contribution in [0.4, 0.5) is 0 Å². The monoisotopic (exact) mass is 400 g/mol. The summed E-state index contributed by atoms with van der Waals surface area (Å²) >= 11 is 0. The lowest BCUT2D eigenvalue weighted by Gasteiger charge is -2.34. The van der Waals surface area contributed by atoms with Gasteiger partial charge in [-0.2, -0.15) is 0 Å². The molecule has 1 aliphatic heterocycles. The number of hydrogen-bond donors (Lipinski definition) is 1. The van der Waals surface area contributed by atoms with Crippen molar-refractivity contribution in [1.29, 1.82) is 0 Å². The molecule has 2 amide bonds. The standard InChI is InChI=1S/C20H28N6O3/c1-5-6-21-16(27)12-25-7-9-26(10-8-25)17(28)13-29-20-18-14(2)11-15(3)22-19(18)24(4)23-20/h5,11H,1,6-10,12-13H2,2-4H3,(H,21,27). The van der Waals surface area contributed by atoms with E-state index in [2.05, 4.69) is 22.0 Å². The summed E-state index contributed by atoms with van der Waals surface area (Å²) in [4.78, 5) is 32.7. The molecule has 3 rings (SSSR count). The largest absolute Gasteiger partial charge is 0.466 e. The maximum Gasteiger partial charge on any atom is 0.260 e. The second-order valence-corrected chi connectivity index (χ2v) is 7.25. The average molecular weight is 400 g/mol. The van der Waals surface area contributed by atoms with Crippen LogP contribution in [-0.2, 0) is 16.6 Å². The molecule has 1 aliphatic rings. The zero-order valence-corrected chi connectivity index (χ0v) is 17.3. The van der Waals surface area contributed by atoms with E-state index in [1.165, 1.54) is 0 Å². The number of amides is 2. The first-order chi connectivity index (χ1) is 13.9. The van der Waals surface area contributed by atoms with Gasteiger partial charge in [0.15, 0.2) is 12.3 Å². The lowest BCUT2D eigenvalue weighted by molar-refractivity contribution is -0.135. The molecule has 0 radical (unpaired) electrons. The maximum absolute atomic E-state index is 12.6. The van der Waals surface area contributed by atoms with Crippen molar-refractivity contribution in [3.05, 3.63) is 30.0 Å². The first-order valence-electron chi connectivity index (χ1n) is 9.70. The van der Waals surface area contributed by atoms with E-state index in [1.807, 2.05) is 31.9 Å². The topological polar surface area (TPSA) is 92.6 Å². The molecule has 0 unspecified atom stereocenters. The van der Waals surface area contributed by atoms with E-state index in [1.54, 1.807) is 15.7 Å². The summed E-state index contributed by atoms with van der Waals surface area (Å²) in [7, 11) is 1.81. The molecule has 9 heteroatoms. The Kier molecular flexibility index (Phi) is 6.48. The highest BCUT2D eigenvalue weighted by Crippen LogP contribution is 2.27. The molecule has 1 fully saturated rings. The molecule has 0 saturated carbocycles. The Balaban J connectivity index is 1.53. The summed E-state index contributed by atoms with van der Waals surface area (Å²) in [5.74, 6) is 0.310. The number of fused-ring (bicyclic) bond motifs is 1. The molecule has 0 bridgehead atoms. The van der Waals surface area contributed by atoms with Crippen LogP contribution < -0.4 is 10.1 Å². The van der Waals surface area contributed by atoms with Gasteiger partial charge in [-0.15, -0.1) is 11.7 Å². The van der Waals surface area contributed by atoms with E-state index < -0.39 is 0 Å². The molecule has 1 saturated heterocycles. The molecule has 2 aromatic rings. The van der Waals surface area contributed by atoms with E-state index in [0.717, 1.165) is 22.3 Å². The number of carbonyl (C=O) groups is 2. The van der Waals surface area contributed by atoms with Gasteiger partial charge < -0.3 is 15.0 Å². The quantitative estimate of drug-likeness (QED) is 0.677. The van der Waals surface area contributed by atoms with Gasteiger partial charge in [-0.3, -0.25) is 14.5 Å². The maximum atomic E-state index is 12.6. The number of hydrogen-bond acceptors (Lipinski definition) is 6. The zero-order chi connectivity index (χ0) is 21.0. The predicted molar refractivity (Wildman–Crippen MR) is 110 cm³/mol. The Labute approximate surface area is 170 Å². The third-order valence-electron chi connectivity index (χ3n) is 4.95. The number of aryl methyl sites for hydroxylation is 3. The van der Waals surface area contributed by atoms with E-state index in [9.17, 15) is 9.59 Å². The summed E-state index contributed by atoms with van der Waals surface area (Å²) in [5.41, 5.74) is 2.68. The number of piperazine rings is 1. The van der Waals surface area contributed by atoms with Crippen LogP contribution in [0.1, 0.15) is 11.3 Å². The normalized spacial score (nSPS) is 14.8. The Bertz CT molecular complexity index is 915. The number of ether oxygens (including phenoxy) is 1. The SMILES string of the molecule is C=CCNC(=O)CN1CCN(C(=O)COc2nn(C)c3nc(C)cc(C)c23)CC1. The number of nitrogens with one attached hydrogen (secondary N) is 1. The van der Waals surface area contributed by atoms with Gasteiger partial charge in [0, 0.05) is 45.5 Å². The molecule has 0 atom stereocenters. The minimum Gasteiger partial charge on any atom is -0.466 e. The van der Waals surface area contributed by atoms with Crippen LogP contribution in [0.25, 0.3) is 11.0 Å². The Hall–Kier alpha value is -2.94. The fraction of sp³-hybridized carbons (Fsp3) is 0.500. The number of carbonyl (C=O) groups excluding carboxylic acids is 2. The number of nitrogens with zero attached hydrogens (tertiary/aromatic N) is 5. The second kappa shape index (κ2) is 9.04. The van der Waals surface area contributed by atoms with Crippen molar-refractivity contribution in [2.45, 2.75) is 13.8 Å². The molecular weight excluding hydrogens is 372 g/mol. The lowest BCUT2D eigenvalue weighted by atomic mass is 10.2. The molecule has 2 aromatic heterocycles. The van der Waals surface area contributed by atoms with Crippen molar-refractivity contribution in [3.63, 3.8) is 0 Å². The van der Waals surface area contributed by atoms with Gasteiger partial charge in [-0.05, 0) is 25.5 Å². The minimum atomic E-state index is -0.0858. The summed E-state index contributed by atoms with van der Waals surface area (Å²) < 4.78 is 7.43. The molecule has 1 N–H and O–H groups in total. The number of rotatable bonds is 7. The summed E-state index contributed by atoms with van der Waals surface area (Å²) in [6.07, 6.45) is 1.65. The number of pyridine rings is 1. The first-order valence-corrected chi connectivity index (χ1v) is 9.70. The van der Waals surface area contributed by atoms with Crippen LogP contribution in [0.5, 0.6) is 5.88 Å². The van der Waals surface area contributed by atoms with Gasteiger partial charge in [0.1, 0.15) is 0 Å². The minimum absolute atomic E-state index is 0.0331. The van der Waals surface area contributed by atoms with Crippen LogP contribution in [0.15, 0.2) is 18.7 Å². The fourth-order valence-electron chi connectivity index (χ4n) is 3.47. The first kappa shape index (κ1) is 20.8. The molecule has 9 nitrogen and oxygen atoms in total. The van der Waals surface area contributed by atoms with Gasteiger partial charge in [0.05, 0.1) is 11.9 Å². The van der Waals surface area contributed by atoms with Crippen molar-refractivity contribution in [2.24, 2.45) is 7.05 Å². The molecule has 3 heterocycles. The molecular formula is C20H28N6O3. The second-order valence-electron chi connectivity index (χ2n) is 7.25. The Morgan fingerprint density at radius 3 is 2.69 bits per heavy atom. The highest BCUT2D eigenvalue weighted by molar-refractivity contribution is 5.86. The Morgan fingerprint density at radius 1 is 1.28 bits per heavy atom. The van der Waals surface area contributed by atoms with E-state index in [0.29, 0.717) is 45.1 Å². The van der Waals surface area contributed by atoms with Crippen LogP contribution in [0, 0.1) is 13.8 Å². The molecule has 156 valence electrons. The van der Waals surface area contributed by atoms with Crippen LogP contribution >= 0.6 is 0 Å². The van der Waals surface area contributed by atoms with Crippen molar-refractivity contribution in [1.82, 2.24) is 29.9 Å². The zero-order valence-electron chi connectivity index (χ0n) is 17.3. The average Bonchev–Trinajstić information content (AvgIpc) is 3.01. The van der Waals surface area contributed by atoms with Gasteiger partial charge in [-0.1, -0.05) is 6.08 Å². The summed E-state index contributed by atoms with van der Waals surface area (Å²) in [6.45, 7) is 10.7. The molecule has 0 aliphatic carbocycles. The highest BCUT2D eigenvalue weighted by Gasteiger charge is 2.23. The van der Waals surface area contributed by atoms with Crippen molar-refractivity contribution < 1.29 is 14.3 Å². The smallest absolute Gasteiger partial charge is 0.260 e. The van der Waals surface area contributed by atoms with Crippen LogP contribution in [0.3, 0.4) is 0 Å². The molecule has 0 aromatic carbocycles. The van der Waals surface area contributed by atoms with Crippen LogP contribution in [0.2, 0.25) is 0 Å². The van der Waals surface area contributed by atoms with Gasteiger partial charge in [0.2, 0.25) is 11.8 Å². The third kappa shape index (κ3) is 4.92. The predicted octanol–water partition coefficient (Wildman–Crippen LogP) is 0.410. The van der Waals surface area contributed by atoms with Crippen molar-refractivity contribution in [2.75, 3.05) is 45.9 Å². The van der Waals surface area contributed by atoms with Gasteiger partial charge in [-0.25, -0.2) is 9.67 Å². The number of aromatic nitrogens is 3. The molecule has 0 spiro atoms. The lowest BCUT2D eigenvalue weighted by Crippen LogP contribution is -2.52. The summed E-state index contributed by atoms with van der Waals surface area (Å²) in [5, 5.41) is 7.98. The van der Waals surface area contributed by atoms with E-state index in [4.69, 9.17) is 4.74 Å². The summed E-state index contributed by atoms with van der Waals surface area (Å²) in [6, 6.07) is 1.98. The van der Waals surface area contributed by atoms with Crippen molar-refractivity contribution in [3.8, 4) is 5.88 Å². The van der Waals surface area contributed by atoms with Crippen LogP contribution in [-0.4, -0.2) is 82.3 Å². The van der Waals surface area contributed by atoms with Gasteiger partial charge in [0.25, 0.3) is 5.91 Å². The Morgan fingerprint density at radius 2 is 2.00 bits per heavy atom. The van der Waals surface area contributed by atoms with E-state index >= 15 is 0 Å². The van der Waals surface area contributed by atoms with E-state index in [-0.39, 0.29) is 18.4 Å². The highest BCUT2D eigenvalue weighted by atomic mass is 16.5. The molecule has 29 heavy (non-hydrogen) atoms.